The molecule has 0 heterocycles. The summed E-state index contributed by atoms with van der Waals surface area (Å²) in [4.78, 5) is 0. The van der Waals surface area contributed by atoms with Crippen LogP contribution in [0.15, 0.2) is 24.3 Å². The van der Waals surface area contributed by atoms with E-state index >= 15 is 0 Å². The molecule has 2 unspecified atom stereocenters. The molecule has 0 saturated carbocycles. The molecule has 0 saturated heterocycles. The number of nitrogens with one attached hydrogen (secondary N) is 1. The Hall–Kier alpha value is -1.06. The molecule has 20 heavy (non-hydrogen) atoms. The van der Waals surface area contributed by atoms with E-state index in [2.05, 4.69) is 38.2 Å². The second-order valence-corrected chi connectivity index (χ2v) is 6.00. The topological polar surface area (TPSA) is 41.5 Å². The molecule has 0 spiro atoms. The fraction of sp³-hybridized carbons (Fsp3) is 0.647. The van der Waals surface area contributed by atoms with E-state index in [4.69, 9.17) is 9.84 Å². The van der Waals surface area contributed by atoms with E-state index in [0.29, 0.717) is 12.0 Å². The third kappa shape index (κ3) is 6.40. The molecular formula is C17H29NO2. The summed E-state index contributed by atoms with van der Waals surface area (Å²) in [7, 11) is 0. The summed E-state index contributed by atoms with van der Waals surface area (Å²) in [6, 6.07) is 8.54. The molecule has 0 aliphatic carbocycles. The van der Waals surface area contributed by atoms with Gasteiger partial charge in [-0.15, -0.1) is 0 Å². The Bertz CT molecular complexity index is 362. The van der Waals surface area contributed by atoms with Crippen molar-refractivity contribution in [1.29, 1.82) is 0 Å². The molecule has 3 heteroatoms. The zero-order valence-electron chi connectivity index (χ0n) is 13.2. The minimum Gasteiger partial charge on any atom is -0.494 e. The average Bonchev–Trinajstić information content (AvgIpc) is 2.44. The van der Waals surface area contributed by atoms with E-state index in [0.717, 1.165) is 25.3 Å². The second-order valence-electron chi connectivity index (χ2n) is 6.00. The molecule has 1 aromatic carbocycles. The molecule has 0 aromatic heterocycles. The Kier molecular flexibility index (Phi) is 7.63. The fourth-order valence-electron chi connectivity index (χ4n) is 1.75. The highest BCUT2D eigenvalue weighted by Gasteiger charge is 2.09. The third-order valence-corrected chi connectivity index (χ3v) is 3.66. The standard InChI is InChI=1S/C17H29NO2/c1-13(2)9-10-20-17-7-5-16(6-8-17)11-18-15(4)14(3)12-19/h5-8,13-15,18-19H,9-12H2,1-4H3. The zero-order valence-corrected chi connectivity index (χ0v) is 13.2. The Balaban J connectivity index is 2.35. The Morgan fingerprint density at radius 1 is 1.10 bits per heavy atom. The first kappa shape index (κ1) is 17.0. The van der Waals surface area contributed by atoms with E-state index in [-0.39, 0.29) is 12.5 Å². The smallest absolute Gasteiger partial charge is 0.119 e. The van der Waals surface area contributed by atoms with Crippen LogP contribution in [0.4, 0.5) is 0 Å². The number of benzene rings is 1. The average molecular weight is 279 g/mol. The van der Waals surface area contributed by atoms with Crippen LogP contribution in [-0.2, 0) is 6.54 Å². The molecule has 0 bridgehead atoms. The van der Waals surface area contributed by atoms with Crippen LogP contribution in [0.3, 0.4) is 0 Å². The van der Waals surface area contributed by atoms with Crippen LogP contribution in [0.1, 0.15) is 39.7 Å². The zero-order chi connectivity index (χ0) is 15.0. The van der Waals surface area contributed by atoms with Gasteiger partial charge in [-0.25, -0.2) is 0 Å². The highest BCUT2D eigenvalue weighted by Crippen LogP contribution is 2.13. The number of hydrogen-bond donors (Lipinski definition) is 2. The molecule has 1 aromatic rings. The molecular weight excluding hydrogens is 250 g/mol. The highest BCUT2D eigenvalue weighted by atomic mass is 16.5. The van der Waals surface area contributed by atoms with Crippen LogP contribution < -0.4 is 10.1 Å². The van der Waals surface area contributed by atoms with Gasteiger partial charge in [0.15, 0.2) is 0 Å². The molecule has 2 N–H and O–H groups in total. The van der Waals surface area contributed by atoms with Crippen molar-refractivity contribution in [2.75, 3.05) is 13.2 Å². The van der Waals surface area contributed by atoms with Crippen molar-refractivity contribution in [1.82, 2.24) is 5.32 Å². The maximum Gasteiger partial charge on any atom is 0.119 e. The van der Waals surface area contributed by atoms with Crippen molar-refractivity contribution >= 4 is 0 Å². The number of aliphatic hydroxyl groups excluding tert-OH is 1. The van der Waals surface area contributed by atoms with Gasteiger partial charge in [0.25, 0.3) is 0 Å². The Morgan fingerprint density at radius 3 is 2.30 bits per heavy atom. The van der Waals surface area contributed by atoms with E-state index in [1.54, 1.807) is 0 Å². The quantitative estimate of drug-likeness (QED) is 0.729. The van der Waals surface area contributed by atoms with Crippen LogP contribution in [0.25, 0.3) is 0 Å². The van der Waals surface area contributed by atoms with Gasteiger partial charge in [0.2, 0.25) is 0 Å². The minimum absolute atomic E-state index is 0.219. The van der Waals surface area contributed by atoms with Gasteiger partial charge < -0.3 is 15.2 Å². The molecule has 0 fully saturated rings. The lowest BCUT2D eigenvalue weighted by atomic mass is 10.0. The van der Waals surface area contributed by atoms with E-state index < -0.39 is 0 Å². The molecule has 0 amide bonds. The number of ether oxygens (including phenoxy) is 1. The molecule has 114 valence electrons. The fourth-order valence-corrected chi connectivity index (χ4v) is 1.75. The Labute approximate surface area is 123 Å². The van der Waals surface area contributed by atoms with Gasteiger partial charge in [0.1, 0.15) is 5.75 Å². The van der Waals surface area contributed by atoms with E-state index in [9.17, 15) is 0 Å². The van der Waals surface area contributed by atoms with Crippen LogP contribution >= 0.6 is 0 Å². The SMILES string of the molecule is CC(C)CCOc1ccc(CNC(C)C(C)CO)cc1. The van der Waals surface area contributed by atoms with Crippen LogP contribution in [-0.4, -0.2) is 24.4 Å². The minimum atomic E-state index is 0.219. The van der Waals surface area contributed by atoms with Crippen molar-refractivity contribution in [3.63, 3.8) is 0 Å². The van der Waals surface area contributed by atoms with Gasteiger partial charge in [-0.3, -0.25) is 0 Å². The van der Waals surface area contributed by atoms with Crippen molar-refractivity contribution in [3.05, 3.63) is 29.8 Å². The summed E-state index contributed by atoms with van der Waals surface area (Å²) < 4.78 is 5.70. The first-order valence-electron chi connectivity index (χ1n) is 7.59. The van der Waals surface area contributed by atoms with Crippen molar-refractivity contribution in [2.45, 2.75) is 46.7 Å². The molecule has 3 nitrogen and oxygen atoms in total. The summed E-state index contributed by atoms with van der Waals surface area (Å²) in [5, 5.41) is 12.5. The van der Waals surface area contributed by atoms with Gasteiger partial charge in [0.05, 0.1) is 6.61 Å². The van der Waals surface area contributed by atoms with E-state index in [1.165, 1.54) is 5.56 Å². The van der Waals surface area contributed by atoms with Gasteiger partial charge in [0, 0.05) is 19.2 Å². The van der Waals surface area contributed by atoms with Crippen LogP contribution in [0.5, 0.6) is 5.75 Å². The van der Waals surface area contributed by atoms with E-state index in [1.807, 2.05) is 19.1 Å². The van der Waals surface area contributed by atoms with Gasteiger partial charge in [-0.2, -0.15) is 0 Å². The van der Waals surface area contributed by atoms with Crippen molar-refractivity contribution < 1.29 is 9.84 Å². The van der Waals surface area contributed by atoms with Gasteiger partial charge in [-0.05, 0) is 42.9 Å². The third-order valence-electron chi connectivity index (χ3n) is 3.66. The predicted molar refractivity (Wildman–Crippen MR) is 83.9 cm³/mol. The highest BCUT2D eigenvalue weighted by molar-refractivity contribution is 5.27. The van der Waals surface area contributed by atoms with Crippen LogP contribution in [0, 0.1) is 11.8 Å². The molecule has 1 rings (SSSR count). The summed E-state index contributed by atoms with van der Waals surface area (Å²) >= 11 is 0. The number of rotatable bonds is 9. The summed E-state index contributed by atoms with van der Waals surface area (Å²) in [6.07, 6.45) is 1.08. The largest absolute Gasteiger partial charge is 0.494 e. The molecule has 0 aliphatic rings. The van der Waals surface area contributed by atoms with Crippen LogP contribution in [0.2, 0.25) is 0 Å². The number of hydrogen-bond acceptors (Lipinski definition) is 3. The molecule has 0 radical (unpaired) electrons. The predicted octanol–water partition coefficient (Wildman–Crippen LogP) is 3.22. The lowest BCUT2D eigenvalue weighted by molar-refractivity contribution is 0.207. The van der Waals surface area contributed by atoms with Gasteiger partial charge >= 0.3 is 0 Å². The summed E-state index contributed by atoms with van der Waals surface area (Å²) in [6.45, 7) is 10.4. The number of aliphatic hydroxyl groups is 1. The first-order valence-corrected chi connectivity index (χ1v) is 7.59. The normalized spacial score (nSPS) is 14.3. The monoisotopic (exact) mass is 279 g/mol. The Morgan fingerprint density at radius 2 is 1.75 bits per heavy atom. The lowest BCUT2D eigenvalue weighted by Gasteiger charge is -2.19. The molecule has 2 atom stereocenters. The maximum absolute atomic E-state index is 9.10. The second kappa shape index (κ2) is 8.98. The first-order chi connectivity index (χ1) is 9.52. The summed E-state index contributed by atoms with van der Waals surface area (Å²) in [5.74, 6) is 1.88. The van der Waals surface area contributed by atoms with Gasteiger partial charge in [-0.1, -0.05) is 32.9 Å². The maximum atomic E-state index is 9.10. The molecule has 0 aliphatic heterocycles. The van der Waals surface area contributed by atoms with Crippen molar-refractivity contribution in [3.8, 4) is 5.75 Å². The lowest BCUT2D eigenvalue weighted by Crippen LogP contribution is -2.33. The van der Waals surface area contributed by atoms with Crippen molar-refractivity contribution in [2.24, 2.45) is 11.8 Å². The summed E-state index contributed by atoms with van der Waals surface area (Å²) in [5.41, 5.74) is 1.23.